The van der Waals surface area contributed by atoms with Gasteiger partial charge in [0, 0.05) is 0 Å². The Bertz CT molecular complexity index is 2440. The van der Waals surface area contributed by atoms with Crippen molar-refractivity contribution in [3.8, 4) is 0 Å². The Balaban J connectivity index is -0.0000000274. The van der Waals surface area contributed by atoms with E-state index in [4.69, 9.17) is 481 Å². The summed E-state index contributed by atoms with van der Waals surface area (Å²) in [5.41, 5.74) is 0. The van der Waals surface area contributed by atoms with Crippen LogP contribution in [0.5, 0.6) is 0 Å². The molecule has 0 aromatic heterocycles. The van der Waals surface area contributed by atoms with E-state index in [0.717, 1.165) is 0 Å². The quantitative estimate of drug-likeness (QED) is 0.0791. The molecule has 131 heavy (non-hydrogen) atoms. The van der Waals surface area contributed by atoms with Crippen molar-refractivity contribution < 1.29 is 789 Å². The smallest absolute Gasteiger partial charge is 0.756 e. The van der Waals surface area contributed by atoms with Crippen molar-refractivity contribution in [2.75, 3.05) is 0 Å². The van der Waals surface area contributed by atoms with Gasteiger partial charge in [0.2, 0.25) is 0 Å². The zero-order valence-corrected chi connectivity index (χ0v) is 102. The third kappa shape index (κ3) is 17800. The summed E-state index contributed by atoms with van der Waals surface area (Å²) in [6.07, 6.45) is 0. The Morgan fingerprint density at radius 2 is 0.0763 bits per heavy atom. The fraction of sp³-hybridized carbons (Fsp3) is 0. The molecule has 0 aromatic carbocycles. The van der Waals surface area contributed by atoms with Crippen LogP contribution in [-0.2, 0) is 114 Å². The third-order valence-electron chi connectivity index (χ3n) is 0. The first-order valence-corrected chi connectivity index (χ1v) is 58.4. The minimum atomic E-state index is -4.89. The molecule has 0 amide bonds. The molecule has 0 aliphatic rings. The Morgan fingerprint density at radius 1 is 0.0763 bits per heavy atom. The molecule has 0 aromatic rings. The monoisotopic (exact) mass is 2680 g/mol. The van der Waals surface area contributed by atoms with E-state index in [0.29, 0.717) is 0 Å². The molecule has 0 bridgehead atoms. The van der Waals surface area contributed by atoms with Crippen LogP contribution in [0, 0.1) is 0 Å². The SMILES string of the molecule is O=P(O)(O)O.O=P(O)(O)O.O=P(O)(O)O.O=P(O)(O)O.O=P(O)(O)O.O=P(O)(O)O.O=P(O)(O)O.O=P(O)(O)O.O=P(O)(O)O.O=P(O)(O)O.O=P(O)(O)O.O=P(O)(O)O.O=P(O)(O)O.O=P(O)(O)O.O=P(O)(O)O.O=P(O)(O)O.O=P(O)(O)O.O=P(O)(O)O.O=P(O)(O)O.O=P([O-])(O)O.O=P([O-])(O)O.O=P([O-])(O)O.O=P([O-])(O)O.O=P([O-])(O)O.O=P([O-])(O)O.[K+].[K+].[K+].[K+].[K+].[K+]. The standard InChI is InChI=1S/6K.25H3O4P/c;;;;;;25*1-5(2,3)4/h;;;;;;25*(H3,1,2,3,4)/q6*+1;;;;;;;;;;;;;;;;;;;;;;;;;/p-6. The van der Waals surface area contributed by atoms with Crippen LogP contribution in [0.25, 0.3) is 0 Å². The van der Waals surface area contributed by atoms with Gasteiger partial charge < -0.3 is 367 Å². The van der Waals surface area contributed by atoms with Crippen molar-refractivity contribution in [3.05, 3.63) is 0 Å². The predicted molar refractivity (Wildman–Crippen MR) is 343 cm³/mol. The molecule has 0 fully saturated rings. The predicted octanol–water partition coefficient (Wildman–Crippen LogP) is -45.0. The second kappa shape index (κ2) is 108. The van der Waals surface area contributed by atoms with E-state index >= 15 is 0 Å². The van der Waals surface area contributed by atoms with E-state index in [-0.39, 0.29) is 308 Å². The topological polar surface area (TPSA) is 1960 Å². The maximum absolute atomic E-state index is 8.88. The van der Waals surface area contributed by atoms with Gasteiger partial charge in [0.1, 0.15) is 0 Å². The third-order valence-corrected chi connectivity index (χ3v) is 0. The summed E-state index contributed by atoms with van der Waals surface area (Å²) in [5.74, 6) is 0. The first-order chi connectivity index (χ1) is 50.0. The minimum absolute atomic E-state index is 0. The van der Waals surface area contributed by atoms with Gasteiger partial charge in [-0.2, -0.15) is 0 Å². The molecule has 0 saturated carbocycles. The summed E-state index contributed by atoms with van der Waals surface area (Å²) in [7, 11) is -117. The zero-order valence-electron chi connectivity index (χ0n) is 60.7. The maximum Gasteiger partial charge on any atom is 1.00 e. The van der Waals surface area contributed by atoms with Crippen molar-refractivity contribution in [1.82, 2.24) is 0 Å². The van der Waals surface area contributed by atoms with E-state index < -0.39 is 196 Å². The van der Waals surface area contributed by atoms with E-state index in [9.17, 15) is 0 Å². The number of hydrogen-bond donors (Lipinski definition) is 69. The van der Waals surface area contributed by atoms with Gasteiger partial charge in [-0.25, -0.2) is 86.7 Å². The van der Waals surface area contributed by atoms with Gasteiger partial charge in [0.15, 0.2) is 0 Å². The molecule has 0 saturated heterocycles. The Hall–Kier alpha value is 12.6. The van der Waals surface area contributed by atoms with Gasteiger partial charge in [0.25, 0.3) is 46.9 Å². The first kappa shape index (κ1) is 230. The summed E-state index contributed by atoms with van der Waals surface area (Å²) < 4.78 is 221. The largest absolute Gasteiger partial charge is 1.00 e. The molecule has 131 heteroatoms. The molecule has 0 atom stereocenters. The molecule has 100 nitrogen and oxygen atoms in total. The number of rotatable bonds is 0. The molecule has 0 aliphatic heterocycles. The van der Waals surface area contributed by atoms with Crippen molar-refractivity contribution in [1.29, 1.82) is 0 Å². The normalized spacial score (nSPS) is 11.3. The van der Waals surface area contributed by atoms with Gasteiger partial charge in [-0.05, 0) is 0 Å². The molecule has 0 radical (unpaired) electrons. The fourth-order valence-electron chi connectivity index (χ4n) is 0. The fourth-order valence-corrected chi connectivity index (χ4v) is 0. The van der Waals surface area contributed by atoms with E-state index in [2.05, 4.69) is 0 Å². The molecule has 0 rings (SSSR count). The molecule has 0 spiro atoms. The van der Waals surface area contributed by atoms with Gasteiger partial charge >= 0.3 is 457 Å². The summed E-state index contributed by atoms with van der Waals surface area (Å²) >= 11 is 0. The summed E-state index contributed by atoms with van der Waals surface area (Å²) in [4.78, 5) is 547. The van der Waals surface area contributed by atoms with Crippen LogP contribution in [0.3, 0.4) is 0 Å². The van der Waals surface area contributed by atoms with Crippen LogP contribution >= 0.6 is 196 Å². The van der Waals surface area contributed by atoms with E-state index in [1.807, 2.05) is 0 Å². The van der Waals surface area contributed by atoms with Crippen molar-refractivity contribution in [2.45, 2.75) is 0 Å². The minimum Gasteiger partial charge on any atom is -0.756 e. The molecule has 0 aliphatic carbocycles. The molecule has 0 heterocycles. The summed E-state index contributed by atoms with van der Waals surface area (Å²) in [5, 5.41) is 0. The van der Waals surface area contributed by atoms with Crippen LogP contribution in [0.1, 0.15) is 0 Å². The number of hydrogen-bond acceptors (Lipinski definition) is 31. The Labute approximate surface area is 968 Å². The average Bonchev–Trinajstić information content (AvgIpc) is 3.03. The summed E-state index contributed by atoms with van der Waals surface area (Å²) in [6.45, 7) is 0. The van der Waals surface area contributed by atoms with Crippen LogP contribution in [0.2, 0.25) is 0 Å². The zero-order chi connectivity index (χ0) is 112. The molecule has 69 N–H and O–H groups in total. The van der Waals surface area contributed by atoms with Gasteiger partial charge in [-0.1, -0.05) is 0 Å². The molecular formula is H69K6O100P25. The average molecular weight is 2680 g/mol. The molecular weight excluding hydrogens is 2610 g/mol. The van der Waals surface area contributed by atoms with Crippen molar-refractivity contribution in [2.24, 2.45) is 0 Å². The van der Waals surface area contributed by atoms with Crippen molar-refractivity contribution >= 4 is 196 Å². The van der Waals surface area contributed by atoms with E-state index in [1.54, 1.807) is 0 Å². The van der Waals surface area contributed by atoms with Gasteiger partial charge in [-0.15, -0.1) is 0 Å². The van der Waals surface area contributed by atoms with Gasteiger partial charge in [-0.3, -0.25) is 27.4 Å². The Morgan fingerprint density at radius 3 is 0.0763 bits per heavy atom. The summed E-state index contributed by atoms with van der Waals surface area (Å²) in [6, 6.07) is 0. The molecule has 0 unspecified atom stereocenters. The number of phosphoric acid groups is 25. The van der Waals surface area contributed by atoms with Crippen LogP contribution in [-0.4, -0.2) is 338 Å². The molecule has 800 valence electrons. The van der Waals surface area contributed by atoms with Crippen LogP contribution in [0.15, 0.2) is 0 Å². The van der Waals surface area contributed by atoms with Crippen molar-refractivity contribution in [3.63, 3.8) is 0 Å². The first-order valence-electron chi connectivity index (χ1n) is 19.5. The van der Waals surface area contributed by atoms with E-state index in [1.165, 1.54) is 0 Å². The second-order valence-corrected chi connectivity index (χ2v) is 38.1. The van der Waals surface area contributed by atoms with Gasteiger partial charge in [0.05, 0.1) is 0 Å². The Kier molecular flexibility index (Phi) is 190. The van der Waals surface area contributed by atoms with Crippen LogP contribution < -0.4 is 338 Å². The maximum atomic E-state index is 8.88. The second-order valence-electron chi connectivity index (χ2n) is 12.7. The van der Waals surface area contributed by atoms with Crippen LogP contribution in [0.4, 0.5) is 0 Å².